The highest BCUT2D eigenvalue weighted by atomic mass is 16.1. The quantitative estimate of drug-likeness (QED) is 0.769. The molecule has 1 aromatic carbocycles. The van der Waals surface area contributed by atoms with Gasteiger partial charge in [0.25, 0.3) is 0 Å². The second kappa shape index (κ2) is 5.96. The fraction of sp³-hybridized carbons (Fsp3) is 0.267. The van der Waals surface area contributed by atoms with Crippen LogP contribution in [-0.4, -0.2) is 16.1 Å². The van der Waals surface area contributed by atoms with Crippen molar-refractivity contribution in [3.63, 3.8) is 0 Å². The predicted octanol–water partition coefficient (Wildman–Crippen LogP) is 3.03. The number of rotatable bonds is 5. The van der Waals surface area contributed by atoms with Gasteiger partial charge in [-0.25, -0.2) is 0 Å². The second-order valence-corrected chi connectivity index (χ2v) is 4.36. The lowest BCUT2D eigenvalue weighted by Crippen LogP contribution is -1.98. The molecule has 0 aliphatic heterocycles. The van der Waals surface area contributed by atoms with Crippen molar-refractivity contribution in [3.8, 4) is 17.3 Å². The van der Waals surface area contributed by atoms with Crippen molar-refractivity contribution in [1.29, 1.82) is 5.26 Å². The van der Waals surface area contributed by atoms with Gasteiger partial charge in [-0.05, 0) is 18.6 Å². The highest BCUT2D eigenvalue weighted by Gasteiger charge is 2.10. The Kier molecular flexibility index (Phi) is 4.09. The monoisotopic (exact) mass is 253 g/mol. The molecule has 2 aromatic rings. The standard InChI is InChI=1S/C15H15N3O/c1-2-3-7-18-10-14(11-19)15(17-18)13-6-4-5-12(8-13)9-16/h4-6,8,10-11H,2-3,7H2,1H3. The zero-order valence-corrected chi connectivity index (χ0v) is 10.8. The summed E-state index contributed by atoms with van der Waals surface area (Å²) >= 11 is 0. The van der Waals surface area contributed by atoms with Crippen molar-refractivity contribution < 1.29 is 4.79 Å². The molecule has 0 N–H and O–H groups in total. The minimum atomic E-state index is 0.561. The SMILES string of the molecule is CCCCn1cc(C=O)c(-c2cccc(C#N)c2)n1. The van der Waals surface area contributed by atoms with Crippen molar-refractivity contribution in [2.75, 3.05) is 0 Å². The number of aromatic nitrogens is 2. The fourth-order valence-electron chi connectivity index (χ4n) is 1.92. The van der Waals surface area contributed by atoms with E-state index in [2.05, 4.69) is 18.1 Å². The highest BCUT2D eigenvalue weighted by molar-refractivity contribution is 5.85. The van der Waals surface area contributed by atoms with E-state index in [0.29, 0.717) is 16.8 Å². The van der Waals surface area contributed by atoms with Crippen LogP contribution in [0.5, 0.6) is 0 Å². The normalized spacial score (nSPS) is 10.1. The fourth-order valence-corrected chi connectivity index (χ4v) is 1.92. The molecular weight excluding hydrogens is 238 g/mol. The van der Waals surface area contributed by atoms with E-state index >= 15 is 0 Å². The number of unbranched alkanes of at least 4 members (excludes halogenated alkanes) is 1. The van der Waals surface area contributed by atoms with Crippen LogP contribution in [-0.2, 0) is 6.54 Å². The molecular formula is C15H15N3O. The van der Waals surface area contributed by atoms with Crippen LogP contribution in [0.3, 0.4) is 0 Å². The summed E-state index contributed by atoms with van der Waals surface area (Å²) in [5.74, 6) is 0. The first-order valence-corrected chi connectivity index (χ1v) is 6.31. The molecule has 0 atom stereocenters. The van der Waals surface area contributed by atoms with Crippen molar-refractivity contribution in [1.82, 2.24) is 9.78 Å². The molecule has 0 saturated heterocycles. The first kappa shape index (κ1) is 13.0. The van der Waals surface area contributed by atoms with Gasteiger partial charge in [-0.2, -0.15) is 10.4 Å². The Morgan fingerprint density at radius 2 is 2.32 bits per heavy atom. The van der Waals surface area contributed by atoms with Gasteiger partial charge >= 0.3 is 0 Å². The van der Waals surface area contributed by atoms with Crippen LogP contribution in [0.25, 0.3) is 11.3 Å². The van der Waals surface area contributed by atoms with Crippen LogP contribution in [0.1, 0.15) is 35.7 Å². The molecule has 0 aliphatic carbocycles. The van der Waals surface area contributed by atoms with E-state index in [4.69, 9.17) is 5.26 Å². The Balaban J connectivity index is 2.40. The minimum Gasteiger partial charge on any atom is -0.298 e. The Morgan fingerprint density at radius 1 is 1.47 bits per heavy atom. The summed E-state index contributed by atoms with van der Waals surface area (Å²) in [6, 6.07) is 9.24. The predicted molar refractivity (Wildman–Crippen MR) is 72.7 cm³/mol. The molecule has 0 fully saturated rings. The number of aryl methyl sites for hydroxylation is 1. The summed E-state index contributed by atoms with van der Waals surface area (Å²) in [5, 5.41) is 13.4. The molecule has 0 saturated carbocycles. The summed E-state index contributed by atoms with van der Waals surface area (Å²) in [6.45, 7) is 2.91. The van der Waals surface area contributed by atoms with E-state index in [0.717, 1.165) is 31.2 Å². The molecule has 4 heteroatoms. The van der Waals surface area contributed by atoms with Crippen molar-refractivity contribution in [2.24, 2.45) is 0 Å². The number of benzene rings is 1. The number of nitrogens with zero attached hydrogens (tertiary/aromatic N) is 3. The van der Waals surface area contributed by atoms with Crippen LogP contribution >= 0.6 is 0 Å². The van der Waals surface area contributed by atoms with Crippen LogP contribution in [0.4, 0.5) is 0 Å². The van der Waals surface area contributed by atoms with Gasteiger partial charge in [0.1, 0.15) is 5.69 Å². The average molecular weight is 253 g/mol. The topological polar surface area (TPSA) is 58.7 Å². The van der Waals surface area contributed by atoms with E-state index < -0.39 is 0 Å². The average Bonchev–Trinajstić information content (AvgIpc) is 2.88. The third-order valence-corrected chi connectivity index (χ3v) is 2.92. The summed E-state index contributed by atoms with van der Waals surface area (Å²) in [4.78, 5) is 11.1. The van der Waals surface area contributed by atoms with E-state index in [-0.39, 0.29) is 0 Å². The maximum atomic E-state index is 11.1. The molecule has 0 amide bonds. The lowest BCUT2D eigenvalue weighted by atomic mass is 10.1. The lowest BCUT2D eigenvalue weighted by molar-refractivity contribution is 0.112. The minimum absolute atomic E-state index is 0.561. The number of hydrogen-bond acceptors (Lipinski definition) is 3. The van der Waals surface area contributed by atoms with Crippen molar-refractivity contribution in [2.45, 2.75) is 26.3 Å². The Bertz CT molecular complexity index is 623. The van der Waals surface area contributed by atoms with Crippen molar-refractivity contribution in [3.05, 3.63) is 41.6 Å². The summed E-state index contributed by atoms with van der Waals surface area (Å²) in [5.41, 5.74) is 2.57. The maximum absolute atomic E-state index is 11.1. The van der Waals surface area contributed by atoms with Gasteiger partial charge in [-0.1, -0.05) is 25.5 Å². The molecule has 96 valence electrons. The highest BCUT2D eigenvalue weighted by Crippen LogP contribution is 2.22. The number of carbonyl (C=O) groups is 1. The third kappa shape index (κ3) is 2.89. The van der Waals surface area contributed by atoms with Crippen LogP contribution in [0.15, 0.2) is 30.5 Å². The van der Waals surface area contributed by atoms with Gasteiger partial charge < -0.3 is 0 Å². The van der Waals surface area contributed by atoms with E-state index in [1.165, 1.54) is 0 Å². The molecule has 0 bridgehead atoms. The zero-order valence-electron chi connectivity index (χ0n) is 10.8. The van der Waals surface area contributed by atoms with Gasteiger partial charge in [-0.15, -0.1) is 0 Å². The van der Waals surface area contributed by atoms with E-state index in [9.17, 15) is 4.79 Å². The first-order valence-electron chi connectivity index (χ1n) is 6.31. The van der Waals surface area contributed by atoms with Gasteiger partial charge in [0, 0.05) is 18.3 Å². The summed E-state index contributed by atoms with van der Waals surface area (Å²) in [6.07, 6.45) is 4.67. The van der Waals surface area contributed by atoms with Gasteiger partial charge in [0.05, 0.1) is 17.2 Å². The largest absolute Gasteiger partial charge is 0.298 e. The zero-order chi connectivity index (χ0) is 13.7. The van der Waals surface area contributed by atoms with Crippen molar-refractivity contribution >= 4 is 6.29 Å². The van der Waals surface area contributed by atoms with Crippen LogP contribution < -0.4 is 0 Å². The lowest BCUT2D eigenvalue weighted by Gasteiger charge is -1.99. The number of carbonyl (C=O) groups excluding carboxylic acids is 1. The van der Waals surface area contributed by atoms with E-state index in [1.54, 1.807) is 29.1 Å². The molecule has 1 aromatic heterocycles. The molecule has 2 rings (SSSR count). The molecule has 19 heavy (non-hydrogen) atoms. The van der Waals surface area contributed by atoms with Gasteiger partial charge in [-0.3, -0.25) is 9.48 Å². The molecule has 0 spiro atoms. The Morgan fingerprint density at radius 3 is 3.00 bits per heavy atom. The number of nitriles is 1. The van der Waals surface area contributed by atoms with Gasteiger partial charge in [0.2, 0.25) is 0 Å². The number of hydrogen-bond donors (Lipinski definition) is 0. The van der Waals surface area contributed by atoms with Gasteiger partial charge in [0.15, 0.2) is 6.29 Å². The van der Waals surface area contributed by atoms with Crippen LogP contribution in [0.2, 0.25) is 0 Å². The summed E-state index contributed by atoms with van der Waals surface area (Å²) < 4.78 is 1.79. The smallest absolute Gasteiger partial charge is 0.153 e. The molecule has 4 nitrogen and oxygen atoms in total. The maximum Gasteiger partial charge on any atom is 0.153 e. The first-order chi connectivity index (χ1) is 9.28. The Labute approximate surface area is 112 Å². The molecule has 0 radical (unpaired) electrons. The molecule has 0 unspecified atom stereocenters. The summed E-state index contributed by atoms with van der Waals surface area (Å²) in [7, 11) is 0. The van der Waals surface area contributed by atoms with Crippen LogP contribution in [0, 0.1) is 11.3 Å². The third-order valence-electron chi connectivity index (χ3n) is 2.92. The second-order valence-electron chi connectivity index (χ2n) is 4.36. The molecule has 0 aliphatic rings. The Hall–Kier alpha value is -2.41. The van der Waals surface area contributed by atoms with E-state index in [1.807, 2.05) is 6.07 Å². The molecule has 1 heterocycles. The number of aldehydes is 1.